The van der Waals surface area contributed by atoms with Crippen LogP contribution in [0.1, 0.15) is 11.1 Å². The van der Waals surface area contributed by atoms with Gasteiger partial charge < -0.3 is 5.32 Å². The second kappa shape index (κ2) is 6.04. The maximum absolute atomic E-state index is 6.13. The van der Waals surface area contributed by atoms with Crippen molar-refractivity contribution in [2.24, 2.45) is 0 Å². The van der Waals surface area contributed by atoms with E-state index in [4.69, 9.17) is 11.6 Å². The number of anilines is 1. The molecule has 0 unspecified atom stereocenters. The van der Waals surface area contributed by atoms with Crippen molar-refractivity contribution >= 4 is 49.1 Å². The van der Waals surface area contributed by atoms with Crippen molar-refractivity contribution < 1.29 is 0 Å². The largest absolute Gasteiger partial charge is 0.380 e. The van der Waals surface area contributed by atoms with Gasteiger partial charge in [0.05, 0.1) is 11.9 Å². The molecule has 0 saturated heterocycles. The third-order valence-electron chi connectivity index (χ3n) is 2.51. The first-order valence-electron chi connectivity index (χ1n) is 5.36. The van der Waals surface area contributed by atoms with E-state index < -0.39 is 0 Å². The van der Waals surface area contributed by atoms with Gasteiger partial charge in [0, 0.05) is 16.0 Å². The van der Waals surface area contributed by atoms with Crippen LogP contribution >= 0.6 is 43.5 Å². The van der Waals surface area contributed by atoms with Crippen molar-refractivity contribution in [1.82, 2.24) is 4.98 Å². The van der Waals surface area contributed by atoms with Crippen molar-refractivity contribution in [1.29, 1.82) is 0 Å². The van der Waals surface area contributed by atoms with Gasteiger partial charge in [0.1, 0.15) is 4.60 Å². The minimum absolute atomic E-state index is 0.668. The standard InChI is InChI=1S/C13H11Br2ClN2/c1-8-4-11(7-18-13(8)15)17-6-9-5-10(14)2-3-12(9)16/h2-5,7,17H,6H2,1H3. The Morgan fingerprint density at radius 2 is 2.06 bits per heavy atom. The molecule has 18 heavy (non-hydrogen) atoms. The molecule has 1 aromatic carbocycles. The van der Waals surface area contributed by atoms with Gasteiger partial charge in [0.25, 0.3) is 0 Å². The van der Waals surface area contributed by atoms with E-state index in [9.17, 15) is 0 Å². The fraction of sp³-hybridized carbons (Fsp3) is 0.154. The van der Waals surface area contributed by atoms with Crippen LogP contribution in [0.4, 0.5) is 5.69 Å². The van der Waals surface area contributed by atoms with Crippen LogP contribution in [0.5, 0.6) is 0 Å². The summed E-state index contributed by atoms with van der Waals surface area (Å²) >= 11 is 13.0. The predicted octanol–water partition coefficient (Wildman–Crippen LogP) is 5.18. The average molecular weight is 391 g/mol. The van der Waals surface area contributed by atoms with Crippen LogP contribution in [0.15, 0.2) is 39.5 Å². The fourth-order valence-electron chi connectivity index (χ4n) is 1.53. The molecule has 0 spiro atoms. The van der Waals surface area contributed by atoms with Gasteiger partial charge in [-0.25, -0.2) is 4.98 Å². The molecule has 0 aliphatic heterocycles. The quantitative estimate of drug-likeness (QED) is 0.731. The molecule has 1 heterocycles. The molecule has 5 heteroatoms. The molecule has 0 atom stereocenters. The number of aryl methyl sites for hydroxylation is 1. The summed E-state index contributed by atoms with van der Waals surface area (Å²) in [7, 11) is 0. The summed E-state index contributed by atoms with van der Waals surface area (Å²) in [5.41, 5.74) is 3.12. The molecule has 0 aliphatic rings. The van der Waals surface area contributed by atoms with Gasteiger partial charge >= 0.3 is 0 Å². The van der Waals surface area contributed by atoms with Gasteiger partial charge in [0.2, 0.25) is 0 Å². The highest BCUT2D eigenvalue weighted by Crippen LogP contribution is 2.23. The lowest BCUT2D eigenvalue weighted by atomic mass is 10.2. The number of aromatic nitrogens is 1. The molecule has 94 valence electrons. The van der Waals surface area contributed by atoms with Crippen molar-refractivity contribution in [3.05, 3.63) is 55.7 Å². The van der Waals surface area contributed by atoms with Crippen molar-refractivity contribution in [2.45, 2.75) is 13.5 Å². The van der Waals surface area contributed by atoms with E-state index in [0.29, 0.717) is 6.54 Å². The maximum atomic E-state index is 6.13. The molecule has 0 radical (unpaired) electrons. The van der Waals surface area contributed by atoms with E-state index in [1.54, 1.807) is 6.20 Å². The Kier molecular flexibility index (Phi) is 4.65. The van der Waals surface area contributed by atoms with E-state index in [1.807, 2.05) is 31.2 Å². The van der Waals surface area contributed by atoms with Crippen molar-refractivity contribution in [2.75, 3.05) is 5.32 Å². The summed E-state index contributed by atoms with van der Waals surface area (Å²) in [5.74, 6) is 0. The second-order valence-electron chi connectivity index (χ2n) is 3.92. The van der Waals surface area contributed by atoms with Crippen LogP contribution in [0, 0.1) is 6.92 Å². The third kappa shape index (κ3) is 3.46. The summed E-state index contributed by atoms with van der Waals surface area (Å²) in [4.78, 5) is 4.24. The first kappa shape index (κ1) is 13.8. The SMILES string of the molecule is Cc1cc(NCc2cc(Br)ccc2Cl)cnc1Br. The Bertz CT molecular complexity index is 573. The summed E-state index contributed by atoms with van der Waals surface area (Å²) in [5, 5.41) is 4.07. The zero-order valence-electron chi connectivity index (χ0n) is 9.67. The van der Waals surface area contributed by atoms with Crippen LogP contribution < -0.4 is 5.32 Å². The van der Waals surface area contributed by atoms with Crippen LogP contribution in [-0.4, -0.2) is 4.98 Å². The first-order valence-corrected chi connectivity index (χ1v) is 7.32. The Hall–Kier alpha value is -0.580. The highest BCUT2D eigenvalue weighted by molar-refractivity contribution is 9.10. The Balaban J connectivity index is 2.11. The molecule has 0 amide bonds. The Morgan fingerprint density at radius 3 is 2.78 bits per heavy atom. The predicted molar refractivity (Wildman–Crippen MR) is 83.2 cm³/mol. The molecular formula is C13H11Br2ClN2. The molecule has 0 saturated carbocycles. The monoisotopic (exact) mass is 388 g/mol. The van der Waals surface area contributed by atoms with Gasteiger partial charge in [-0.15, -0.1) is 0 Å². The van der Waals surface area contributed by atoms with Crippen LogP contribution in [0.2, 0.25) is 5.02 Å². The lowest BCUT2D eigenvalue weighted by Crippen LogP contribution is -2.01. The van der Waals surface area contributed by atoms with Crippen molar-refractivity contribution in [3.63, 3.8) is 0 Å². The Labute approximate surface area is 128 Å². The maximum Gasteiger partial charge on any atom is 0.109 e. The van der Waals surface area contributed by atoms with E-state index >= 15 is 0 Å². The normalized spacial score (nSPS) is 10.4. The third-order valence-corrected chi connectivity index (χ3v) is 4.20. The number of hydrogen-bond donors (Lipinski definition) is 1. The zero-order valence-corrected chi connectivity index (χ0v) is 13.6. The number of halogens is 3. The fourth-order valence-corrected chi connectivity index (χ4v) is 2.34. The minimum atomic E-state index is 0.668. The van der Waals surface area contributed by atoms with Crippen LogP contribution in [-0.2, 0) is 6.54 Å². The first-order chi connectivity index (χ1) is 8.56. The lowest BCUT2D eigenvalue weighted by Gasteiger charge is -2.09. The van der Waals surface area contributed by atoms with E-state index in [1.165, 1.54) is 0 Å². The zero-order chi connectivity index (χ0) is 13.1. The molecule has 1 N–H and O–H groups in total. The van der Waals surface area contributed by atoms with E-state index in [2.05, 4.69) is 42.2 Å². The Morgan fingerprint density at radius 1 is 1.28 bits per heavy atom. The number of benzene rings is 1. The molecule has 0 bridgehead atoms. The summed E-state index contributed by atoms with van der Waals surface area (Å²) < 4.78 is 1.89. The molecule has 0 fully saturated rings. The topological polar surface area (TPSA) is 24.9 Å². The summed E-state index contributed by atoms with van der Waals surface area (Å²) in [6.45, 7) is 2.68. The van der Waals surface area contributed by atoms with Crippen molar-refractivity contribution in [3.8, 4) is 0 Å². The highest BCUT2D eigenvalue weighted by Gasteiger charge is 2.02. The summed E-state index contributed by atoms with van der Waals surface area (Å²) in [6.07, 6.45) is 1.79. The number of pyridine rings is 1. The minimum Gasteiger partial charge on any atom is -0.380 e. The molecule has 2 aromatic rings. The lowest BCUT2D eigenvalue weighted by molar-refractivity contribution is 1.12. The summed E-state index contributed by atoms with van der Waals surface area (Å²) in [6, 6.07) is 7.86. The molecule has 1 aromatic heterocycles. The number of hydrogen-bond acceptors (Lipinski definition) is 2. The number of nitrogens with zero attached hydrogens (tertiary/aromatic N) is 1. The molecule has 0 aliphatic carbocycles. The van der Waals surface area contributed by atoms with Gasteiger partial charge in [-0.2, -0.15) is 0 Å². The van der Waals surface area contributed by atoms with Crippen LogP contribution in [0.25, 0.3) is 0 Å². The van der Waals surface area contributed by atoms with Gasteiger partial charge in [-0.05, 0) is 58.2 Å². The molecular weight excluding hydrogens is 379 g/mol. The highest BCUT2D eigenvalue weighted by atomic mass is 79.9. The van der Waals surface area contributed by atoms with Gasteiger partial charge in [-0.1, -0.05) is 27.5 Å². The van der Waals surface area contributed by atoms with E-state index in [-0.39, 0.29) is 0 Å². The second-order valence-corrected chi connectivity index (χ2v) is 6.00. The molecule has 2 nitrogen and oxygen atoms in total. The number of rotatable bonds is 3. The molecule has 2 rings (SSSR count). The number of nitrogens with one attached hydrogen (secondary N) is 1. The smallest absolute Gasteiger partial charge is 0.109 e. The van der Waals surface area contributed by atoms with Gasteiger partial charge in [-0.3, -0.25) is 0 Å². The van der Waals surface area contributed by atoms with Gasteiger partial charge in [0.15, 0.2) is 0 Å². The van der Waals surface area contributed by atoms with Crippen LogP contribution in [0.3, 0.4) is 0 Å². The average Bonchev–Trinajstić information content (AvgIpc) is 2.34. The van der Waals surface area contributed by atoms with E-state index in [0.717, 1.165) is 30.9 Å².